The van der Waals surface area contributed by atoms with Crippen molar-refractivity contribution in [2.24, 2.45) is 11.7 Å². The Morgan fingerprint density at radius 1 is 1.29 bits per heavy atom. The quantitative estimate of drug-likeness (QED) is 0.841. The van der Waals surface area contributed by atoms with Gasteiger partial charge in [-0.15, -0.1) is 0 Å². The fraction of sp³-hybridized carbons (Fsp3) is 0.625. The van der Waals surface area contributed by atoms with E-state index in [0.717, 1.165) is 30.4 Å². The van der Waals surface area contributed by atoms with Crippen LogP contribution in [0.25, 0.3) is 0 Å². The van der Waals surface area contributed by atoms with Crippen LogP contribution in [0.3, 0.4) is 0 Å². The van der Waals surface area contributed by atoms with Crippen molar-refractivity contribution in [1.29, 1.82) is 0 Å². The lowest BCUT2D eigenvalue weighted by atomic mass is 10.1. The average Bonchev–Trinajstić information content (AvgIpc) is 3.28. The Kier molecular flexibility index (Phi) is 5.07. The van der Waals surface area contributed by atoms with E-state index in [1.807, 2.05) is 6.07 Å². The Labute approximate surface area is 128 Å². The molecule has 0 saturated heterocycles. The van der Waals surface area contributed by atoms with E-state index in [4.69, 9.17) is 5.73 Å². The van der Waals surface area contributed by atoms with Crippen LogP contribution in [0, 0.1) is 5.92 Å². The van der Waals surface area contributed by atoms with Gasteiger partial charge in [0.15, 0.2) is 0 Å². The molecule has 1 aromatic rings. The van der Waals surface area contributed by atoms with Crippen molar-refractivity contribution in [3.8, 4) is 0 Å². The maximum Gasteiger partial charge on any atom is 0.243 e. The van der Waals surface area contributed by atoms with E-state index in [1.165, 1.54) is 0 Å². The number of sulfonamides is 1. The van der Waals surface area contributed by atoms with Crippen LogP contribution in [0.1, 0.15) is 44.7 Å². The van der Waals surface area contributed by atoms with Gasteiger partial charge in [-0.25, -0.2) is 8.42 Å². The third-order valence-electron chi connectivity index (χ3n) is 3.88. The largest absolute Gasteiger partial charge is 0.326 e. The Bertz CT molecular complexity index is 592. The molecule has 0 aromatic heterocycles. The van der Waals surface area contributed by atoms with E-state index >= 15 is 0 Å². The molecule has 0 spiro atoms. The zero-order valence-electron chi connectivity index (χ0n) is 13.2. The van der Waals surface area contributed by atoms with E-state index in [2.05, 4.69) is 20.8 Å². The highest BCUT2D eigenvalue weighted by Crippen LogP contribution is 2.33. The topological polar surface area (TPSA) is 63.4 Å². The van der Waals surface area contributed by atoms with Crippen LogP contribution in [-0.2, 0) is 23.0 Å². The fourth-order valence-electron chi connectivity index (χ4n) is 2.60. The molecule has 1 saturated carbocycles. The smallest absolute Gasteiger partial charge is 0.243 e. The van der Waals surface area contributed by atoms with Crippen molar-refractivity contribution < 1.29 is 8.42 Å². The molecule has 0 bridgehead atoms. The summed E-state index contributed by atoms with van der Waals surface area (Å²) < 4.78 is 27.5. The summed E-state index contributed by atoms with van der Waals surface area (Å²) in [6, 6.07) is 5.56. The molecular weight excluding hydrogens is 284 g/mol. The van der Waals surface area contributed by atoms with Crippen molar-refractivity contribution in [3.63, 3.8) is 0 Å². The van der Waals surface area contributed by atoms with Crippen LogP contribution in [0.5, 0.6) is 0 Å². The van der Waals surface area contributed by atoms with Crippen LogP contribution < -0.4 is 5.73 Å². The van der Waals surface area contributed by atoms with Crippen LogP contribution in [0.4, 0.5) is 0 Å². The summed E-state index contributed by atoms with van der Waals surface area (Å²) in [4.78, 5) is 0.382. The van der Waals surface area contributed by atoms with Crippen LogP contribution >= 0.6 is 0 Å². The van der Waals surface area contributed by atoms with Gasteiger partial charge in [0, 0.05) is 19.1 Å². The summed E-state index contributed by atoms with van der Waals surface area (Å²) >= 11 is 0. The predicted octanol–water partition coefficient (Wildman–Crippen LogP) is 2.52. The fourth-order valence-corrected chi connectivity index (χ4v) is 4.50. The van der Waals surface area contributed by atoms with E-state index < -0.39 is 10.0 Å². The standard InChI is InChI=1S/C16H26N2O2S/c1-4-13-5-8-16(9-14(13)10-17)21(19,20)18(11-12(2)3)15-6-7-15/h5,8-9,12,15H,4,6-7,10-11,17H2,1-3H3. The molecule has 0 heterocycles. The second-order valence-corrected chi connectivity index (χ2v) is 8.08. The lowest BCUT2D eigenvalue weighted by molar-refractivity contribution is 0.360. The summed E-state index contributed by atoms with van der Waals surface area (Å²) in [5.74, 6) is 0.323. The summed E-state index contributed by atoms with van der Waals surface area (Å²) in [6.45, 7) is 7.12. The number of aryl methyl sites for hydroxylation is 1. The van der Waals surface area contributed by atoms with E-state index in [1.54, 1.807) is 16.4 Å². The normalized spacial score (nSPS) is 15.9. The van der Waals surface area contributed by atoms with Gasteiger partial charge in [0.05, 0.1) is 4.90 Å². The molecule has 0 radical (unpaired) electrons. The zero-order chi connectivity index (χ0) is 15.6. The van der Waals surface area contributed by atoms with Crippen molar-refractivity contribution in [2.75, 3.05) is 6.54 Å². The molecule has 118 valence electrons. The third-order valence-corrected chi connectivity index (χ3v) is 5.80. The molecule has 2 rings (SSSR count). The van der Waals surface area contributed by atoms with Gasteiger partial charge in [0.2, 0.25) is 10.0 Å². The van der Waals surface area contributed by atoms with Crippen molar-refractivity contribution in [2.45, 2.75) is 57.5 Å². The molecule has 1 aromatic carbocycles. The highest BCUT2D eigenvalue weighted by Gasteiger charge is 2.38. The number of nitrogens with two attached hydrogens (primary N) is 1. The van der Waals surface area contributed by atoms with E-state index in [-0.39, 0.29) is 6.04 Å². The minimum absolute atomic E-state index is 0.185. The first-order chi connectivity index (χ1) is 9.90. The highest BCUT2D eigenvalue weighted by molar-refractivity contribution is 7.89. The second kappa shape index (κ2) is 6.46. The molecule has 5 heteroatoms. The first kappa shape index (κ1) is 16.5. The maximum absolute atomic E-state index is 12.9. The molecule has 1 aliphatic rings. The molecule has 0 unspecified atom stereocenters. The van der Waals surface area contributed by atoms with Crippen LogP contribution in [0.15, 0.2) is 23.1 Å². The summed E-state index contributed by atoms with van der Waals surface area (Å²) in [7, 11) is -3.41. The Morgan fingerprint density at radius 2 is 1.95 bits per heavy atom. The van der Waals surface area contributed by atoms with Crippen LogP contribution in [-0.4, -0.2) is 25.3 Å². The predicted molar refractivity (Wildman–Crippen MR) is 85.5 cm³/mol. The second-order valence-electron chi connectivity index (χ2n) is 6.19. The summed E-state index contributed by atoms with van der Waals surface area (Å²) in [6.07, 6.45) is 2.82. The highest BCUT2D eigenvalue weighted by atomic mass is 32.2. The van der Waals surface area contributed by atoms with E-state index in [9.17, 15) is 8.42 Å². The van der Waals surface area contributed by atoms with E-state index in [0.29, 0.717) is 23.9 Å². The Balaban J connectivity index is 2.37. The number of benzene rings is 1. The van der Waals surface area contributed by atoms with Crippen LogP contribution in [0.2, 0.25) is 0 Å². The monoisotopic (exact) mass is 310 g/mol. The lowest BCUT2D eigenvalue weighted by Gasteiger charge is -2.24. The lowest BCUT2D eigenvalue weighted by Crippen LogP contribution is -2.36. The minimum Gasteiger partial charge on any atom is -0.326 e. The molecule has 1 fully saturated rings. The number of nitrogens with zero attached hydrogens (tertiary/aromatic N) is 1. The first-order valence-electron chi connectivity index (χ1n) is 7.73. The van der Waals surface area contributed by atoms with Gasteiger partial charge in [-0.3, -0.25) is 0 Å². The molecule has 1 aliphatic carbocycles. The van der Waals surface area contributed by atoms with Gasteiger partial charge in [-0.05, 0) is 48.4 Å². The van der Waals surface area contributed by atoms with Gasteiger partial charge in [-0.2, -0.15) is 4.31 Å². The third kappa shape index (κ3) is 3.65. The average molecular weight is 310 g/mol. The Hall–Kier alpha value is -0.910. The molecule has 2 N–H and O–H groups in total. The van der Waals surface area contributed by atoms with Gasteiger partial charge < -0.3 is 5.73 Å². The van der Waals surface area contributed by atoms with Crippen molar-refractivity contribution in [3.05, 3.63) is 29.3 Å². The summed E-state index contributed by atoms with van der Waals surface area (Å²) in [5, 5.41) is 0. The molecule has 0 amide bonds. The SMILES string of the molecule is CCc1ccc(S(=O)(=O)N(CC(C)C)C2CC2)cc1CN. The molecular formula is C16H26N2O2S. The van der Waals surface area contributed by atoms with Gasteiger partial charge in [-0.1, -0.05) is 26.8 Å². The first-order valence-corrected chi connectivity index (χ1v) is 9.17. The molecule has 21 heavy (non-hydrogen) atoms. The number of hydrogen-bond acceptors (Lipinski definition) is 3. The van der Waals surface area contributed by atoms with Crippen molar-refractivity contribution >= 4 is 10.0 Å². The molecule has 4 nitrogen and oxygen atoms in total. The maximum atomic E-state index is 12.9. The van der Waals surface area contributed by atoms with Crippen molar-refractivity contribution in [1.82, 2.24) is 4.31 Å². The Morgan fingerprint density at radius 3 is 2.43 bits per heavy atom. The number of hydrogen-bond donors (Lipinski definition) is 1. The molecule has 0 atom stereocenters. The van der Waals surface area contributed by atoms with Gasteiger partial charge in [0.25, 0.3) is 0 Å². The summed E-state index contributed by atoms with van der Waals surface area (Å²) in [5.41, 5.74) is 7.81. The molecule has 0 aliphatic heterocycles. The van der Waals surface area contributed by atoms with Gasteiger partial charge >= 0.3 is 0 Å². The minimum atomic E-state index is -3.41. The zero-order valence-corrected chi connectivity index (χ0v) is 14.0. The van der Waals surface area contributed by atoms with Gasteiger partial charge in [0.1, 0.15) is 0 Å². The number of rotatable bonds is 7.